The molecule has 0 aliphatic carbocycles. The molecule has 0 amide bonds. The summed E-state index contributed by atoms with van der Waals surface area (Å²) in [6.45, 7) is 0. The number of aryl methyl sites for hydroxylation is 1. The maximum Gasteiger partial charge on any atom is 0.273 e. The molecule has 11 heavy (non-hydrogen) atoms. The Hall–Kier alpha value is -1.02. The van der Waals surface area contributed by atoms with Gasteiger partial charge in [-0.05, 0) is 11.4 Å². The van der Waals surface area contributed by atoms with Crippen LogP contribution in [0.1, 0.15) is 11.7 Å². The molecule has 0 saturated heterocycles. The van der Waals surface area contributed by atoms with Gasteiger partial charge in [-0.2, -0.15) is 22.0 Å². The van der Waals surface area contributed by atoms with Crippen LogP contribution >= 0.6 is 11.8 Å². The van der Waals surface area contributed by atoms with Crippen molar-refractivity contribution in [3.05, 3.63) is 11.7 Å². The summed E-state index contributed by atoms with van der Waals surface area (Å²) in [5.74, 6) is 1.59. The van der Waals surface area contributed by atoms with Gasteiger partial charge in [0.1, 0.15) is 6.07 Å². The molecule has 1 rings (SSSR count). The van der Waals surface area contributed by atoms with Gasteiger partial charge in [0.25, 0.3) is 5.82 Å². The van der Waals surface area contributed by atoms with Crippen molar-refractivity contribution in [1.82, 2.24) is 10.1 Å². The Morgan fingerprint density at radius 1 is 1.73 bits per heavy atom. The van der Waals surface area contributed by atoms with Crippen LogP contribution in [-0.4, -0.2) is 22.1 Å². The van der Waals surface area contributed by atoms with E-state index in [2.05, 4.69) is 10.1 Å². The maximum atomic E-state index is 8.34. The molecular weight excluding hydrogens is 162 g/mol. The van der Waals surface area contributed by atoms with Gasteiger partial charge in [0.05, 0.1) is 0 Å². The van der Waals surface area contributed by atoms with Crippen molar-refractivity contribution in [3.63, 3.8) is 0 Å². The van der Waals surface area contributed by atoms with E-state index in [1.807, 2.05) is 6.26 Å². The van der Waals surface area contributed by atoms with Crippen molar-refractivity contribution >= 4 is 11.8 Å². The van der Waals surface area contributed by atoms with Crippen LogP contribution in [0.25, 0.3) is 0 Å². The molecule has 0 atom stereocenters. The highest BCUT2D eigenvalue weighted by molar-refractivity contribution is 7.98. The van der Waals surface area contributed by atoms with Crippen molar-refractivity contribution < 1.29 is 4.52 Å². The second-order valence-electron chi connectivity index (χ2n) is 1.87. The molecule has 0 N–H and O–H groups in total. The molecule has 0 aromatic carbocycles. The molecule has 0 spiro atoms. The third-order valence-electron chi connectivity index (χ3n) is 1.09. The van der Waals surface area contributed by atoms with E-state index in [0.29, 0.717) is 5.89 Å². The summed E-state index contributed by atoms with van der Waals surface area (Å²) in [4.78, 5) is 3.81. The highest BCUT2D eigenvalue weighted by Gasteiger charge is 2.03. The number of rotatable bonds is 3. The maximum absolute atomic E-state index is 8.34. The minimum absolute atomic E-state index is 0.112. The SMILES string of the molecule is CSCCc1nc(C#N)no1. The van der Waals surface area contributed by atoms with Gasteiger partial charge < -0.3 is 4.52 Å². The second kappa shape index (κ2) is 3.98. The summed E-state index contributed by atoms with van der Waals surface area (Å²) in [6, 6.07) is 1.80. The van der Waals surface area contributed by atoms with Gasteiger partial charge in [-0.1, -0.05) is 0 Å². The smallest absolute Gasteiger partial charge is 0.273 e. The summed E-state index contributed by atoms with van der Waals surface area (Å²) >= 11 is 1.70. The predicted octanol–water partition coefficient (Wildman–Crippen LogP) is 0.847. The Bertz CT molecular complexity index is 265. The van der Waals surface area contributed by atoms with Crippen LogP contribution in [0.5, 0.6) is 0 Å². The van der Waals surface area contributed by atoms with Crippen LogP contribution in [0.15, 0.2) is 4.52 Å². The van der Waals surface area contributed by atoms with Crippen molar-refractivity contribution in [1.29, 1.82) is 5.26 Å². The van der Waals surface area contributed by atoms with Crippen LogP contribution in [0.2, 0.25) is 0 Å². The lowest BCUT2D eigenvalue weighted by Crippen LogP contribution is -1.87. The molecule has 1 aromatic rings. The topological polar surface area (TPSA) is 62.7 Å². The Morgan fingerprint density at radius 3 is 3.09 bits per heavy atom. The number of thioether (sulfide) groups is 1. The van der Waals surface area contributed by atoms with Gasteiger partial charge >= 0.3 is 0 Å². The van der Waals surface area contributed by atoms with Gasteiger partial charge in [-0.25, -0.2) is 0 Å². The monoisotopic (exact) mass is 169 g/mol. The summed E-state index contributed by atoms with van der Waals surface area (Å²) in [5.41, 5.74) is 0. The lowest BCUT2D eigenvalue weighted by molar-refractivity contribution is 0.381. The molecule has 0 fully saturated rings. The minimum atomic E-state index is 0.112. The number of hydrogen-bond donors (Lipinski definition) is 0. The van der Waals surface area contributed by atoms with E-state index in [1.165, 1.54) is 0 Å². The van der Waals surface area contributed by atoms with Crippen LogP contribution < -0.4 is 0 Å². The Labute approximate surface area is 68.6 Å². The molecule has 1 aromatic heterocycles. The van der Waals surface area contributed by atoms with Crippen molar-refractivity contribution in [2.75, 3.05) is 12.0 Å². The highest BCUT2D eigenvalue weighted by atomic mass is 32.2. The normalized spacial score (nSPS) is 9.45. The second-order valence-corrected chi connectivity index (χ2v) is 2.85. The van der Waals surface area contributed by atoms with E-state index >= 15 is 0 Å². The third-order valence-corrected chi connectivity index (χ3v) is 1.70. The van der Waals surface area contributed by atoms with E-state index in [-0.39, 0.29) is 5.82 Å². The van der Waals surface area contributed by atoms with E-state index < -0.39 is 0 Å². The highest BCUT2D eigenvalue weighted by Crippen LogP contribution is 2.01. The molecule has 0 unspecified atom stereocenters. The zero-order chi connectivity index (χ0) is 8.10. The van der Waals surface area contributed by atoms with E-state index in [9.17, 15) is 0 Å². The summed E-state index contributed by atoms with van der Waals surface area (Å²) in [7, 11) is 0. The lowest BCUT2D eigenvalue weighted by atomic mass is 10.5. The Balaban J connectivity index is 2.53. The van der Waals surface area contributed by atoms with Gasteiger partial charge in [0, 0.05) is 12.2 Å². The number of nitrogens with zero attached hydrogens (tertiary/aromatic N) is 3. The van der Waals surface area contributed by atoms with Crippen LogP contribution in [0, 0.1) is 11.3 Å². The zero-order valence-electron chi connectivity index (χ0n) is 6.07. The first-order chi connectivity index (χ1) is 5.36. The van der Waals surface area contributed by atoms with Crippen molar-refractivity contribution in [3.8, 4) is 6.07 Å². The first kappa shape index (κ1) is 8.08. The quantitative estimate of drug-likeness (QED) is 0.671. The van der Waals surface area contributed by atoms with Crippen LogP contribution in [-0.2, 0) is 6.42 Å². The molecule has 0 radical (unpaired) electrons. The summed E-state index contributed by atoms with van der Waals surface area (Å²) in [5, 5.41) is 11.8. The average molecular weight is 169 g/mol. The largest absolute Gasteiger partial charge is 0.338 e. The predicted molar refractivity (Wildman–Crippen MR) is 41.1 cm³/mol. The first-order valence-corrected chi connectivity index (χ1v) is 4.48. The first-order valence-electron chi connectivity index (χ1n) is 3.08. The van der Waals surface area contributed by atoms with Gasteiger partial charge in [0.15, 0.2) is 0 Å². The molecule has 5 heteroatoms. The fourth-order valence-corrected chi connectivity index (χ4v) is 0.970. The number of hydrogen-bond acceptors (Lipinski definition) is 5. The number of nitriles is 1. The minimum Gasteiger partial charge on any atom is -0.338 e. The lowest BCUT2D eigenvalue weighted by Gasteiger charge is -1.87. The Kier molecular flexibility index (Phi) is 2.93. The van der Waals surface area contributed by atoms with E-state index in [4.69, 9.17) is 9.78 Å². The van der Waals surface area contributed by atoms with E-state index in [1.54, 1.807) is 17.8 Å². The average Bonchev–Trinajstić information content (AvgIpc) is 2.48. The van der Waals surface area contributed by atoms with Gasteiger partial charge in [0.2, 0.25) is 5.89 Å². The van der Waals surface area contributed by atoms with Gasteiger partial charge in [-0.3, -0.25) is 0 Å². The molecule has 0 saturated carbocycles. The molecular formula is C6H7N3OS. The summed E-state index contributed by atoms with van der Waals surface area (Å²) in [6.07, 6.45) is 2.73. The molecule has 0 aliphatic heterocycles. The molecule has 0 aliphatic rings. The Morgan fingerprint density at radius 2 is 2.55 bits per heavy atom. The fourth-order valence-electron chi connectivity index (χ4n) is 0.591. The van der Waals surface area contributed by atoms with Crippen molar-refractivity contribution in [2.24, 2.45) is 0 Å². The third kappa shape index (κ3) is 2.24. The molecule has 58 valence electrons. The van der Waals surface area contributed by atoms with Crippen LogP contribution in [0.4, 0.5) is 0 Å². The number of aromatic nitrogens is 2. The molecule has 1 heterocycles. The fraction of sp³-hybridized carbons (Fsp3) is 0.500. The van der Waals surface area contributed by atoms with Crippen molar-refractivity contribution in [2.45, 2.75) is 6.42 Å². The summed E-state index contributed by atoms with van der Waals surface area (Å²) < 4.78 is 4.76. The molecule has 0 bridgehead atoms. The standard InChI is InChI=1S/C6H7N3OS/c1-11-3-2-6-8-5(4-7)9-10-6/h2-3H2,1H3. The zero-order valence-corrected chi connectivity index (χ0v) is 6.89. The van der Waals surface area contributed by atoms with E-state index in [0.717, 1.165) is 12.2 Å². The molecule has 4 nitrogen and oxygen atoms in total. The van der Waals surface area contributed by atoms with Crippen LogP contribution in [0.3, 0.4) is 0 Å². The van der Waals surface area contributed by atoms with Gasteiger partial charge in [-0.15, -0.1) is 0 Å².